The average molecular weight is 549 g/mol. The lowest BCUT2D eigenvalue weighted by atomic mass is 10.1. The number of hydrogen-bond donors (Lipinski definition) is 1. The van der Waals surface area contributed by atoms with E-state index in [9.17, 15) is 18.0 Å². The summed E-state index contributed by atoms with van der Waals surface area (Å²) in [6.07, 6.45) is 0.984. The van der Waals surface area contributed by atoms with Gasteiger partial charge in [0.1, 0.15) is 12.6 Å². The predicted molar refractivity (Wildman–Crippen MR) is 138 cm³/mol. The number of carbonyl (C=O) groups is 2. The largest absolute Gasteiger partial charge is 0.354 e. The van der Waals surface area contributed by atoms with E-state index in [1.807, 2.05) is 13.8 Å². The zero-order valence-electron chi connectivity index (χ0n) is 19.4. The monoisotopic (exact) mass is 547 g/mol. The number of amides is 2. The van der Waals surface area contributed by atoms with E-state index >= 15 is 0 Å². The summed E-state index contributed by atoms with van der Waals surface area (Å²) in [6, 6.07) is 10.3. The number of sulfonamides is 1. The van der Waals surface area contributed by atoms with Crippen LogP contribution in [0.3, 0.4) is 0 Å². The molecule has 186 valence electrons. The highest BCUT2D eigenvalue weighted by molar-refractivity contribution is 7.92. The molecule has 0 saturated carbocycles. The molecule has 0 aliphatic carbocycles. The molecule has 0 radical (unpaired) electrons. The van der Waals surface area contributed by atoms with Crippen molar-refractivity contribution in [2.24, 2.45) is 5.92 Å². The van der Waals surface area contributed by atoms with Gasteiger partial charge in [0, 0.05) is 28.2 Å². The molecule has 0 bridgehead atoms. The maximum atomic E-state index is 13.4. The summed E-state index contributed by atoms with van der Waals surface area (Å²) < 4.78 is 26.0. The molecule has 7 nitrogen and oxygen atoms in total. The lowest BCUT2D eigenvalue weighted by Crippen LogP contribution is -2.51. The second-order valence-electron chi connectivity index (χ2n) is 8.36. The SMILES string of the molecule is CC(C)CNC(=O)[C@H](C)N(Cc1ccc(Cl)cc1)C(=O)CN(c1cc(Cl)cc(Cl)c1)S(C)(=O)=O. The highest BCUT2D eigenvalue weighted by Gasteiger charge is 2.30. The summed E-state index contributed by atoms with van der Waals surface area (Å²) >= 11 is 18.1. The first kappa shape index (κ1) is 28.2. The summed E-state index contributed by atoms with van der Waals surface area (Å²) in [5.41, 5.74) is 0.884. The quantitative estimate of drug-likeness (QED) is 0.470. The zero-order chi connectivity index (χ0) is 25.6. The molecular weight excluding hydrogens is 521 g/mol. The van der Waals surface area contributed by atoms with Gasteiger partial charge in [-0.15, -0.1) is 0 Å². The van der Waals surface area contributed by atoms with Crippen LogP contribution in [0.15, 0.2) is 42.5 Å². The van der Waals surface area contributed by atoms with E-state index in [1.54, 1.807) is 31.2 Å². The van der Waals surface area contributed by atoms with Gasteiger partial charge in [0.25, 0.3) is 0 Å². The molecule has 0 fully saturated rings. The Labute approximate surface area is 216 Å². The van der Waals surface area contributed by atoms with E-state index in [-0.39, 0.29) is 34.1 Å². The van der Waals surface area contributed by atoms with E-state index in [4.69, 9.17) is 34.8 Å². The number of benzene rings is 2. The van der Waals surface area contributed by atoms with Crippen LogP contribution in [0.4, 0.5) is 5.69 Å². The third kappa shape index (κ3) is 8.34. The van der Waals surface area contributed by atoms with Crippen molar-refractivity contribution in [2.75, 3.05) is 23.7 Å². The molecule has 2 rings (SSSR count). The van der Waals surface area contributed by atoms with Crippen molar-refractivity contribution in [3.63, 3.8) is 0 Å². The third-order valence-corrected chi connectivity index (χ3v) is 6.76. The Kier molecular flexibility index (Phi) is 10.1. The Balaban J connectivity index is 2.39. The molecule has 1 atom stereocenters. The Hall–Kier alpha value is -2.00. The van der Waals surface area contributed by atoms with E-state index in [1.165, 1.54) is 23.1 Å². The first-order chi connectivity index (χ1) is 15.8. The maximum Gasteiger partial charge on any atom is 0.244 e. The van der Waals surface area contributed by atoms with Gasteiger partial charge < -0.3 is 10.2 Å². The highest BCUT2D eigenvalue weighted by atomic mass is 35.5. The fourth-order valence-corrected chi connectivity index (χ4v) is 4.59. The number of carbonyl (C=O) groups excluding carboxylic acids is 2. The number of rotatable bonds is 10. The minimum Gasteiger partial charge on any atom is -0.354 e. The summed E-state index contributed by atoms with van der Waals surface area (Å²) in [6.45, 7) is 5.52. The first-order valence-electron chi connectivity index (χ1n) is 10.5. The molecule has 0 aromatic heterocycles. The van der Waals surface area contributed by atoms with E-state index in [0.29, 0.717) is 11.6 Å². The Bertz CT molecular complexity index is 1100. The summed E-state index contributed by atoms with van der Waals surface area (Å²) in [7, 11) is -3.88. The summed E-state index contributed by atoms with van der Waals surface area (Å²) in [5.74, 6) is -0.679. The van der Waals surface area contributed by atoms with Crippen LogP contribution in [0.25, 0.3) is 0 Å². The molecule has 34 heavy (non-hydrogen) atoms. The van der Waals surface area contributed by atoms with Gasteiger partial charge in [-0.05, 0) is 48.7 Å². The highest BCUT2D eigenvalue weighted by Crippen LogP contribution is 2.27. The number of anilines is 1. The molecule has 0 heterocycles. The molecule has 0 aliphatic rings. The molecule has 2 amide bonds. The topological polar surface area (TPSA) is 86.8 Å². The molecule has 1 N–H and O–H groups in total. The first-order valence-corrected chi connectivity index (χ1v) is 13.5. The minimum atomic E-state index is -3.88. The van der Waals surface area contributed by atoms with Crippen molar-refractivity contribution < 1.29 is 18.0 Å². The molecule has 11 heteroatoms. The van der Waals surface area contributed by atoms with Gasteiger partial charge in [-0.1, -0.05) is 60.8 Å². The lowest BCUT2D eigenvalue weighted by molar-refractivity contribution is -0.139. The van der Waals surface area contributed by atoms with Gasteiger partial charge in [-0.2, -0.15) is 0 Å². The predicted octanol–water partition coefficient (Wildman–Crippen LogP) is 4.60. The van der Waals surface area contributed by atoms with Crippen molar-refractivity contribution >= 4 is 62.3 Å². The van der Waals surface area contributed by atoms with Crippen LogP contribution in [-0.2, 0) is 26.2 Å². The molecule has 0 aliphatic heterocycles. The van der Waals surface area contributed by atoms with Gasteiger partial charge in [-0.3, -0.25) is 13.9 Å². The van der Waals surface area contributed by atoms with Crippen molar-refractivity contribution in [1.82, 2.24) is 10.2 Å². The van der Waals surface area contributed by atoms with Crippen molar-refractivity contribution in [3.8, 4) is 0 Å². The van der Waals surface area contributed by atoms with Crippen molar-refractivity contribution in [3.05, 3.63) is 63.1 Å². The van der Waals surface area contributed by atoms with Gasteiger partial charge >= 0.3 is 0 Å². The molecule has 2 aromatic carbocycles. The van der Waals surface area contributed by atoms with Crippen LogP contribution in [0.2, 0.25) is 15.1 Å². The van der Waals surface area contributed by atoms with Crippen molar-refractivity contribution in [1.29, 1.82) is 0 Å². The average Bonchev–Trinajstić information content (AvgIpc) is 2.73. The normalized spacial score (nSPS) is 12.4. The lowest BCUT2D eigenvalue weighted by Gasteiger charge is -2.31. The Morgan fingerprint density at radius 1 is 0.941 bits per heavy atom. The fraction of sp³-hybridized carbons (Fsp3) is 0.391. The van der Waals surface area contributed by atoms with Crippen LogP contribution in [0, 0.1) is 5.92 Å². The van der Waals surface area contributed by atoms with Gasteiger partial charge in [0.05, 0.1) is 11.9 Å². The van der Waals surface area contributed by atoms with E-state index in [2.05, 4.69) is 5.32 Å². The molecule has 0 spiro atoms. The molecule has 0 unspecified atom stereocenters. The number of hydrogen-bond acceptors (Lipinski definition) is 4. The van der Waals surface area contributed by atoms with Crippen LogP contribution in [-0.4, -0.2) is 50.5 Å². The van der Waals surface area contributed by atoms with Crippen LogP contribution in [0.1, 0.15) is 26.3 Å². The molecule has 0 saturated heterocycles. The summed E-state index contributed by atoms with van der Waals surface area (Å²) in [5, 5.41) is 3.80. The smallest absolute Gasteiger partial charge is 0.244 e. The molecular formula is C23H28Cl3N3O4S. The number of nitrogens with zero attached hydrogens (tertiary/aromatic N) is 2. The van der Waals surface area contributed by atoms with Crippen LogP contribution in [0.5, 0.6) is 0 Å². The van der Waals surface area contributed by atoms with Crippen molar-refractivity contribution in [2.45, 2.75) is 33.4 Å². The molecule has 2 aromatic rings. The standard InChI is InChI=1S/C23H28Cl3N3O4S/c1-15(2)12-27-23(31)16(3)28(13-17-5-7-18(24)8-6-17)22(30)14-29(34(4,32)33)21-10-19(25)9-20(26)11-21/h5-11,15-16H,12-14H2,1-4H3,(H,27,31)/t16-/m0/s1. The Morgan fingerprint density at radius 3 is 2.00 bits per heavy atom. The van der Waals surface area contributed by atoms with E-state index in [0.717, 1.165) is 16.1 Å². The third-order valence-electron chi connectivity index (χ3n) is 4.93. The second-order valence-corrected chi connectivity index (χ2v) is 11.6. The Morgan fingerprint density at radius 2 is 1.50 bits per heavy atom. The number of halogens is 3. The number of nitrogens with one attached hydrogen (secondary N) is 1. The van der Waals surface area contributed by atoms with Crippen LogP contribution < -0.4 is 9.62 Å². The fourth-order valence-electron chi connectivity index (χ4n) is 3.12. The zero-order valence-corrected chi connectivity index (χ0v) is 22.5. The van der Waals surface area contributed by atoms with Crippen LogP contribution >= 0.6 is 34.8 Å². The summed E-state index contributed by atoms with van der Waals surface area (Å²) in [4.78, 5) is 27.6. The maximum absolute atomic E-state index is 13.4. The van der Waals surface area contributed by atoms with Gasteiger partial charge in [-0.25, -0.2) is 8.42 Å². The van der Waals surface area contributed by atoms with E-state index < -0.39 is 28.5 Å². The second kappa shape index (κ2) is 12.1. The van der Waals surface area contributed by atoms with Gasteiger partial charge in [0.2, 0.25) is 21.8 Å². The minimum absolute atomic E-state index is 0.0835. The van der Waals surface area contributed by atoms with Gasteiger partial charge in [0.15, 0.2) is 0 Å².